The quantitative estimate of drug-likeness (QED) is 0.483. The van der Waals surface area contributed by atoms with E-state index in [1.54, 1.807) is 6.92 Å². The number of rotatable bonds is 10. The van der Waals surface area contributed by atoms with Crippen LogP contribution in [0.15, 0.2) is 0 Å². The molecule has 1 atom stereocenters. The molecular formula is C11H21NO8S2. The fraction of sp³-hybridized carbons (Fsp3) is 0.818. The SMILES string of the molecule is CCOC(=O)COC(=O)C(C)NS(=O)(=O)CCCS(C)(=O)=O. The molecule has 130 valence electrons. The molecule has 0 aromatic rings. The Morgan fingerprint density at radius 1 is 1.09 bits per heavy atom. The molecule has 0 saturated heterocycles. The second-order valence-corrected chi connectivity index (χ2v) is 8.69. The minimum Gasteiger partial charge on any atom is -0.463 e. The van der Waals surface area contributed by atoms with Gasteiger partial charge in [0, 0.05) is 6.26 Å². The maximum absolute atomic E-state index is 11.7. The van der Waals surface area contributed by atoms with Crippen molar-refractivity contribution in [1.29, 1.82) is 0 Å². The molecule has 0 radical (unpaired) electrons. The van der Waals surface area contributed by atoms with E-state index >= 15 is 0 Å². The Hall–Kier alpha value is -1.20. The van der Waals surface area contributed by atoms with Gasteiger partial charge in [0.2, 0.25) is 10.0 Å². The first-order valence-corrected chi connectivity index (χ1v) is 10.2. The highest BCUT2D eigenvalue weighted by molar-refractivity contribution is 7.91. The van der Waals surface area contributed by atoms with Gasteiger partial charge in [0.05, 0.1) is 18.1 Å². The van der Waals surface area contributed by atoms with E-state index in [0.717, 1.165) is 6.26 Å². The third kappa shape index (κ3) is 10.5. The van der Waals surface area contributed by atoms with E-state index in [1.807, 2.05) is 4.72 Å². The molecule has 0 rings (SSSR count). The van der Waals surface area contributed by atoms with Crippen LogP contribution in [0.3, 0.4) is 0 Å². The highest BCUT2D eigenvalue weighted by atomic mass is 32.2. The zero-order valence-corrected chi connectivity index (χ0v) is 14.3. The fourth-order valence-electron chi connectivity index (χ4n) is 1.35. The highest BCUT2D eigenvalue weighted by Crippen LogP contribution is 1.98. The second kappa shape index (κ2) is 9.06. The Kier molecular flexibility index (Phi) is 8.56. The largest absolute Gasteiger partial charge is 0.463 e. The maximum Gasteiger partial charge on any atom is 0.344 e. The zero-order chi connectivity index (χ0) is 17.4. The van der Waals surface area contributed by atoms with Gasteiger partial charge in [0.1, 0.15) is 15.9 Å². The summed E-state index contributed by atoms with van der Waals surface area (Å²) in [6, 6.07) is -1.20. The Morgan fingerprint density at radius 3 is 2.18 bits per heavy atom. The molecule has 0 fully saturated rings. The monoisotopic (exact) mass is 359 g/mol. The molecule has 0 aliphatic rings. The number of hydrogen-bond acceptors (Lipinski definition) is 8. The normalized spacial score (nSPS) is 13.4. The number of sulfone groups is 1. The first kappa shape index (κ1) is 20.8. The lowest BCUT2D eigenvalue weighted by Crippen LogP contribution is -2.41. The molecule has 9 nitrogen and oxygen atoms in total. The van der Waals surface area contributed by atoms with E-state index in [4.69, 9.17) is 0 Å². The van der Waals surface area contributed by atoms with Gasteiger partial charge in [-0.2, -0.15) is 0 Å². The summed E-state index contributed by atoms with van der Waals surface area (Å²) in [6.07, 6.45) is 0.918. The lowest BCUT2D eigenvalue weighted by atomic mass is 10.4. The van der Waals surface area contributed by atoms with Gasteiger partial charge in [0.15, 0.2) is 6.61 Å². The molecule has 0 aliphatic carbocycles. The van der Waals surface area contributed by atoms with E-state index in [9.17, 15) is 26.4 Å². The van der Waals surface area contributed by atoms with Crippen molar-refractivity contribution >= 4 is 31.8 Å². The van der Waals surface area contributed by atoms with Gasteiger partial charge in [0.25, 0.3) is 0 Å². The van der Waals surface area contributed by atoms with Gasteiger partial charge < -0.3 is 9.47 Å². The van der Waals surface area contributed by atoms with Gasteiger partial charge in [-0.15, -0.1) is 0 Å². The Labute approximate surface area is 130 Å². The molecule has 0 spiro atoms. The molecule has 0 aliphatic heterocycles. The number of carbonyl (C=O) groups excluding carboxylic acids is 2. The molecule has 0 aromatic heterocycles. The molecule has 1 N–H and O–H groups in total. The van der Waals surface area contributed by atoms with E-state index < -0.39 is 50.2 Å². The van der Waals surface area contributed by atoms with Crippen LogP contribution < -0.4 is 4.72 Å². The van der Waals surface area contributed by atoms with Crippen LogP contribution in [0.25, 0.3) is 0 Å². The minimum atomic E-state index is -3.83. The molecule has 0 heterocycles. The third-order valence-electron chi connectivity index (χ3n) is 2.28. The summed E-state index contributed by atoms with van der Waals surface area (Å²) in [5.41, 5.74) is 0. The third-order valence-corrected chi connectivity index (χ3v) is 4.84. The van der Waals surface area contributed by atoms with Crippen LogP contribution in [-0.2, 0) is 38.9 Å². The van der Waals surface area contributed by atoms with Crippen molar-refractivity contribution in [3.05, 3.63) is 0 Å². The summed E-state index contributed by atoms with van der Waals surface area (Å²) >= 11 is 0. The Bertz CT molecular complexity index is 581. The second-order valence-electron chi connectivity index (χ2n) is 4.55. The van der Waals surface area contributed by atoms with Crippen molar-refractivity contribution in [2.45, 2.75) is 26.3 Å². The first-order valence-electron chi connectivity index (χ1n) is 6.47. The van der Waals surface area contributed by atoms with Crippen LogP contribution >= 0.6 is 0 Å². The number of nitrogens with one attached hydrogen (secondary N) is 1. The predicted molar refractivity (Wildman–Crippen MR) is 78.3 cm³/mol. The van der Waals surface area contributed by atoms with Gasteiger partial charge in [-0.1, -0.05) is 0 Å². The predicted octanol–water partition coefficient (Wildman–Crippen LogP) is -1.16. The summed E-state index contributed by atoms with van der Waals surface area (Å²) in [4.78, 5) is 22.5. The van der Waals surface area contributed by atoms with Crippen molar-refractivity contribution in [2.24, 2.45) is 0 Å². The van der Waals surface area contributed by atoms with E-state index in [-0.39, 0.29) is 18.8 Å². The highest BCUT2D eigenvalue weighted by Gasteiger charge is 2.22. The van der Waals surface area contributed by atoms with Gasteiger partial charge >= 0.3 is 11.9 Å². The van der Waals surface area contributed by atoms with Gasteiger partial charge in [-0.05, 0) is 20.3 Å². The summed E-state index contributed by atoms with van der Waals surface area (Å²) < 4.78 is 56.3. The fourth-order valence-corrected chi connectivity index (χ4v) is 3.47. The molecule has 0 bridgehead atoms. The molecule has 11 heteroatoms. The van der Waals surface area contributed by atoms with Gasteiger partial charge in [-0.25, -0.2) is 26.4 Å². The zero-order valence-electron chi connectivity index (χ0n) is 12.7. The molecule has 0 saturated carbocycles. The average Bonchev–Trinajstić information content (AvgIpc) is 2.33. The van der Waals surface area contributed by atoms with Crippen molar-refractivity contribution < 1.29 is 35.9 Å². The molecule has 22 heavy (non-hydrogen) atoms. The smallest absolute Gasteiger partial charge is 0.344 e. The van der Waals surface area contributed by atoms with Crippen LogP contribution in [0, 0.1) is 0 Å². The Morgan fingerprint density at radius 2 is 1.68 bits per heavy atom. The summed E-state index contributed by atoms with van der Waals surface area (Å²) in [7, 11) is -7.08. The van der Waals surface area contributed by atoms with Crippen molar-refractivity contribution in [1.82, 2.24) is 4.72 Å². The minimum absolute atomic E-state index is 0.0846. The van der Waals surface area contributed by atoms with E-state index in [0.29, 0.717) is 0 Å². The summed E-state index contributed by atoms with van der Waals surface area (Å²) in [5.74, 6) is -2.37. The standard InChI is InChI=1S/C11H21NO8S2/c1-4-19-10(13)8-20-11(14)9(2)12-22(17,18)7-5-6-21(3,15)16/h9,12H,4-8H2,1-3H3. The lowest BCUT2D eigenvalue weighted by Gasteiger charge is -2.13. The molecule has 1 unspecified atom stereocenters. The molecule has 0 aromatic carbocycles. The average molecular weight is 359 g/mol. The van der Waals surface area contributed by atoms with Crippen molar-refractivity contribution in [2.75, 3.05) is 31.0 Å². The lowest BCUT2D eigenvalue weighted by molar-refractivity contribution is -0.159. The first-order chi connectivity index (χ1) is 9.97. The van der Waals surface area contributed by atoms with Crippen molar-refractivity contribution in [3.63, 3.8) is 0 Å². The number of hydrogen-bond donors (Lipinski definition) is 1. The van der Waals surface area contributed by atoms with Crippen LogP contribution in [-0.4, -0.2) is 65.8 Å². The van der Waals surface area contributed by atoms with Crippen LogP contribution in [0.4, 0.5) is 0 Å². The van der Waals surface area contributed by atoms with E-state index in [1.165, 1.54) is 6.92 Å². The van der Waals surface area contributed by atoms with Crippen LogP contribution in [0.1, 0.15) is 20.3 Å². The van der Waals surface area contributed by atoms with Gasteiger partial charge in [-0.3, -0.25) is 4.79 Å². The summed E-state index contributed by atoms with van der Waals surface area (Å²) in [5, 5.41) is 0. The Balaban J connectivity index is 4.29. The van der Waals surface area contributed by atoms with Crippen molar-refractivity contribution in [3.8, 4) is 0 Å². The maximum atomic E-state index is 11.7. The molecular weight excluding hydrogens is 338 g/mol. The number of ether oxygens (including phenoxy) is 2. The summed E-state index contributed by atoms with van der Waals surface area (Å²) in [6.45, 7) is 2.38. The van der Waals surface area contributed by atoms with Crippen LogP contribution in [0.5, 0.6) is 0 Å². The number of carbonyl (C=O) groups is 2. The number of sulfonamides is 1. The topological polar surface area (TPSA) is 133 Å². The van der Waals surface area contributed by atoms with Crippen LogP contribution in [0.2, 0.25) is 0 Å². The van der Waals surface area contributed by atoms with E-state index in [2.05, 4.69) is 9.47 Å². The number of esters is 2. The molecule has 0 amide bonds.